The molecule has 2 N–H and O–H groups in total. The van der Waals surface area contributed by atoms with E-state index in [-0.39, 0.29) is 11.7 Å². The number of anilines is 1. The van der Waals surface area contributed by atoms with Crippen molar-refractivity contribution in [1.82, 2.24) is 5.43 Å². The molecule has 3 rings (SSSR count). The van der Waals surface area contributed by atoms with Gasteiger partial charge in [-0.2, -0.15) is 5.10 Å². The molecule has 1 saturated heterocycles. The SMILES string of the molecule is C/C(=N/NC(=O)c1ccc(O)cc1)c1ccc(N2CCCCC2)cc1. The van der Waals surface area contributed by atoms with Crippen LogP contribution in [0.25, 0.3) is 0 Å². The van der Waals surface area contributed by atoms with Gasteiger partial charge in [0.05, 0.1) is 5.71 Å². The Morgan fingerprint density at radius 2 is 1.56 bits per heavy atom. The Morgan fingerprint density at radius 1 is 0.960 bits per heavy atom. The normalized spacial score (nSPS) is 15.1. The molecule has 0 aliphatic carbocycles. The minimum atomic E-state index is -0.302. The molecule has 0 radical (unpaired) electrons. The van der Waals surface area contributed by atoms with Crippen molar-refractivity contribution in [3.63, 3.8) is 0 Å². The average molecular weight is 337 g/mol. The number of rotatable bonds is 4. The number of carbonyl (C=O) groups is 1. The van der Waals surface area contributed by atoms with Crippen LogP contribution in [0.2, 0.25) is 0 Å². The minimum absolute atomic E-state index is 0.130. The molecule has 0 spiro atoms. The summed E-state index contributed by atoms with van der Waals surface area (Å²) in [4.78, 5) is 14.5. The van der Waals surface area contributed by atoms with Gasteiger partial charge in [0.25, 0.3) is 5.91 Å². The summed E-state index contributed by atoms with van der Waals surface area (Å²) in [5.74, 6) is -0.172. The Morgan fingerprint density at radius 3 is 2.20 bits per heavy atom. The van der Waals surface area contributed by atoms with Crippen molar-refractivity contribution in [3.05, 3.63) is 59.7 Å². The lowest BCUT2D eigenvalue weighted by Crippen LogP contribution is -2.29. The first kappa shape index (κ1) is 17.0. The summed E-state index contributed by atoms with van der Waals surface area (Å²) in [5.41, 5.74) is 5.97. The number of benzene rings is 2. The number of phenols is 1. The van der Waals surface area contributed by atoms with Gasteiger partial charge < -0.3 is 10.0 Å². The summed E-state index contributed by atoms with van der Waals surface area (Å²) in [7, 11) is 0. The molecule has 0 bridgehead atoms. The van der Waals surface area contributed by atoms with E-state index in [2.05, 4.69) is 27.6 Å². The maximum Gasteiger partial charge on any atom is 0.271 e. The van der Waals surface area contributed by atoms with Crippen LogP contribution in [0.5, 0.6) is 5.75 Å². The predicted octanol–water partition coefficient (Wildman–Crippen LogP) is 3.54. The smallest absolute Gasteiger partial charge is 0.271 e. The lowest BCUT2D eigenvalue weighted by Gasteiger charge is -2.28. The maximum absolute atomic E-state index is 12.0. The molecule has 0 aromatic heterocycles. The van der Waals surface area contributed by atoms with E-state index in [1.165, 1.54) is 37.1 Å². The summed E-state index contributed by atoms with van der Waals surface area (Å²) in [5, 5.41) is 13.4. The van der Waals surface area contributed by atoms with Gasteiger partial charge in [0.1, 0.15) is 5.75 Å². The van der Waals surface area contributed by atoms with Gasteiger partial charge >= 0.3 is 0 Å². The summed E-state index contributed by atoms with van der Waals surface area (Å²) in [6.07, 6.45) is 3.83. The highest BCUT2D eigenvalue weighted by molar-refractivity contribution is 6.01. The first-order chi connectivity index (χ1) is 12.1. The Bertz CT molecular complexity index is 746. The number of hydrogen-bond donors (Lipinski definition) is 2. The van der Waals surface area contributed by atoms with Gasteiger partial charge in [-0.05, 0) is 68.1 Å². The molecule has 0 saturated carbocycles. The monoisotopic (exact) mass is 337 g/mol. The van der Waals surface area contributed by atoms with Crippen LogP contribution in [0.1, 0.15) is 42.1 Å². The van der Waals surface area contributed by atoms with Gasteiger partial charge in [0.2, 0.25) is 0 Å². The van der Waals surface area contributed by atoms with E-state index >= 15 is 0 Å². The van der Waals surface area contributed by atoms with Crippen molar-refractivity contribution < 1.29 is 9.90 Å². The van der Waals surface area contributed by atoms with E-state index in [4.69, 9.17) is 0 Å². The van der Waals surface area contributed by atoms with E-state index < -0.39 is 0 Å². The van der Waals surface area contributed by atoms with Gasteiger partial charge in [-0.15, -0.1) is 0 Å². The summed E-state index contributed by atoms with van der Waals surface area (Å²) in [6.45, 7) is 4.11. The van der Waals surface area contributed by atoms with E-state index in [1.807, 2.05) is 19.1 Å². The maximum atomic E-state index is 12.0. The molecule has 130 valence electrons. The molecule has 2 aromatic rings. The third-order valence-electron chi connectivity index (χ3n) is 4.46. The minimum Gasteiger partial charge on any atom is -0.508 e. The van der Waals surface area contributed by atoms with Crippen molar-refractivity contribution in [2.45, 2.75) is 26.2 Å². The number of nitrogens with zero attached hydrogens (tertiary/aromatic N) is 2. The van der Waals surface area contributed by atoms with E-state index in [1.54, 1.807) is 12.1 Å². The zero-order valence-electron chi connectivity index (χ0n) is 14.4. The second kappa shape index (κ2) is 7.83. The van der Waals surface area contributed by atoms with Crippen LogP contribution >= 0.6 is 0 Å². The number of nitrogens with one attached hydrogen (secondary N) is 1. The van der Waals surface area contributed by atoms with Crippen LogP contribution in [0.4, 0.5) is 5.69 Å². The Hall–Kier alpha value is -2.82. The molecular weight excluding hydrogens is 314 g/mol. The van der Waals surface area contributed by atoms with Crippen LogP contribution in [0.15, 0.2) is 53.6 Å². The van der Waals surface area contributed by atoms with Crippen LogP contribution in [-0.2, 0) is 0 Å². The van der Waals surface area contributed by atoms with Gasteiger partial charge in [-0.25, -0.2) is 5.43 Å². The van der Waals surface area contributed by atoms with Crippen LogP contribution in [-0.4, -0.2) is 29.8 Å². The van der Waals surface area contributed by atoms with Crippen molar-refractivity contribution in [1.29, 1.82) is 0 Å². The second-order valence-electron chi connectivity index (χ2n) is 6.28. The van der Waals surface area contributed by atoms with Gasteiger partial charge in [-0.3, -0.25) is 4.79 Å². The Balaban J connectivity index is 1.63. The van der Waals surface area contributed by atoms with Crippen LogP contribution in [0.3, 0.4) is 0 Å². The Kier molecular flexibility index (Phi) is 5.33. The van der Waals surface area contributed by atoms with Gasteiger partial charge in [0.15, 0.2) is 0 Å². The van der Waals surface area contributed by atoms with Crippen molar-refractivity contribution in [2.75, 3.05) is 18.0 Å². The average Bonchev–Trinajstić information content (AvgIpc) is 2.67. The summed E-state index contributed by atoms with van der Waals surface area (Å²) >= 11 is 0. The molecule has 1 fully saturated rings. The molecule has 25 heavy (non-hydrogen) atoms. The first-order valence-corrected chi connectivity index (χ1v) is 8.62. The fourth-order valence-corrected chi connectivity index (χ4v) is 2.94. The van der Waals surface area contributed by atoms with Crippen molar-refractivity contribution >= 4 is 17.3 Å². The molecule has 0 unspecified atom stereocenters. The number of phenolic OH excluding ortho intramolecular Hbond substituents is 1. The molecule has 5 nitrogen and oxygen atoms in total. The standard InChI is InChI=1S/C20H23N3O2/c1-15(21-22-20(25)17-7-11-19(24)12-8-17)16-5-9-18(10-6-16)23-13-3-2-4-14-23/h5-12,24H,2-4,13-14H2,1H3,(H,22,25)/b21-15-. The fourth-order valence-electron chi connectivity index (χ4n) is 2.94. The first-order valence-electron chi connectivity index (χ1n) is 8.62. The highest BCUT2D eigenvalue weighted by Gasteiger charge is 2.11. The molecule has 1 aliphatic rings. The molecular formula is C20H23N3O2. The zero-order chi connectivity index (χ0) is 17.6. The number of piperidine rings is 1. The third-order valence-corrected chi connectivity index (χ3v) is 4.46. The lowest BCUT2D eigenvalue weighted by atomic mass is 10.1. The second-order valence-corrected chi connectivity index (χ2v) is 6.28. The number of hydrogen-bond acceptors (Lipinski definition) is 4. The number of aromatic hydroxyl groups is 1. The van der Waals surface area contributed by atoms with Crippen molar-refractivity contribution in [3.8, 4) is 5.75 Å². The zero-order valence-corrected chi connectivity index (χ0v) is 14.4. The molecule has 5 heteroatoms. The third kappa shape index (κ3) is 4.38. The molecule has 0 atom stereocenters. The summed E-state index contributed by atoms with van der Waals surface area (Å²) < 4.78 is 0. The molecule has 2 aromatic carbocycles. The van der Waals surface area contributed by atoms with E-state index in [9.17, 15) is 9.90 Å². The highest BCUT2D eigenvalue weighted by atomic mass is 16.3. The lowest BCUT2D eigenvalue weighted by molar-refractivity contribution is 0.0955. The largest absolute Gasteiger partial charge is 0.508 e. The highest BCUT2D eigenvalue weighted by Crippen LogP contribution is 2.20. The summed E-state index contributed by atoms with van der Waals surface area (Å²) in [6, 6.07) is 14.4. The van der Waals surface area contributed by atoms with Crippen LogP contribution in [0, 0.1) is 0 Å². The molecule has 1 amide bonds. The Labute approximate surface area is 148 Å². The van der Waals surface area contributed by atoms with Gasteiger partial charge in [-0.1, -0.05) is 12.1 Å². The quantitative estimate of drug-likeness (QED) is 0.662. The van der Waals surface area contributed by atoms with E-state index in [0.29, 0.717) is 5.56 Å². The molecule has 1 heterocycles. The number of hydrazone groups is 1. The van der Waals surface area contributed by atoms with Crippen molar-refractivity contribution in [2.24, 2.45) is 5.10 Å². The van der Waals surface area contributed by atoms with E-state index in [0.717, 1.165) is 24.4 Å². The fraction of sp³-hybridized carbons (Fsp3) is 0.300. The topological polar surface area (TPSA) is 64.9 Å². The molecule has 1 aliphatic heterocycles. The predicted molar refractivity (Wildman–Crippen MR) is 100 cm³/mol. The van der Waals surface area contributed by atoms with Gasteiger partial charge in [0, 0.05) is 24.3 Å². The number of amides is 1. The number of carbonyl (C=O) groups excluding carboxylic acids is 1. The van der Waals surface area contributed by atoms with Crippen LogP contribution < -0.4 is 10.3 Å².